The van der Waals surface area contributed by atoms with Crippen LogP contribution in [-0.4, -0.2) is 20.2 Å². The first-order chi connectivity index (χ1) is 16.2. The zero-order valence-corrected chi connectivity index (χ0v) is 20.4. The summed E-state index contributed by atoms with van der Waals surface area (Å²) in [5, 5.41) is 0. The number of methoxy groups -OCH3 is 2. The number of carbonyl (C=O) groups is 1. The fraction of sp³-hybridized carbons (Fsp3) is 0.345. The summed E-state index contributed by atoms with van der Waals surface area (Å²) in [6.45, 7) is 6.77. The Kier molecular flexibility index (Phi) is 6.65. The fourth-order valence-electron chi connectivity index (χ4n) is 4.50. The lowest BCUT2D eigenvalue weighted by atomic mass is 9.76. The molecule has 1 aliphatic carbocycles. The lowest BCUT2D eigenvalue weighted by Gasteiger charge is -2.29. The molecular formula is C29H31FO4. The number of benzene rings is 3. The highest BCUT2D eigenvalue weighted by atomic mass is 19.1. The van der Waals surface area contributed by atoms with Crippen LogP contribution < -0.4 is 9.47 Å². The summed E-state index contributed by atoms with van der Waals surface area (Å²) in [5.41, 5.74) is 5.66. The van der Waals surface area contributed by atoms with Gasteiger partial charge in [-0.05, 0) is 75.9 Å². The minimum absolute atomic E-state index is 0.178. The highest BCUT2D eigenvalue weighted by Gasteiger charge is 2.29. The van der Waals surface area contributed by atoms with Crippen LogP contribution in [0.5, 0.6) is 11.5 Å². The highest BCUT2D eigenvalue weighted by molar-refractivity contribution is 5.72. The van der Waals surface area contributed by atoms with Gasteiger partial charge in [0.25, 0.3) is 0 Å². The number of ether oxygens (including phenoxy) is 3. The molecule has 3 aromatic carbocycles. The SMILES string of the molecule is COC(=O)C[C@@H]1Cc2cc(OCc3ccc(-c4cc(OC)ccc4F)c(C(C)(C)C)c3)ccc21. The molecule has 4 nitrogen and oxygen atoms in total. The number of halogens is 1. The first-order valence-electron chi connectivity index (χ1n) is 11.5. The Hall–Kier alpha value is -3.34. The van der Waals surface area contributed by atoms with Crippen molar-refractivity contribution in [2.45, 2.75) is 51.6 Å². The van der Waals surface area contributed by atoms with Gasteiger partial charge in [-0.2, -0.15) is 0 Å². The van der Waals surface area contributed by atoms with E-state index in [0.717, 1.165) is 28.9 Å². The van der Waals surface area contributed by atoms with Crippen molar-refractivity contribution in [3.05, 3.63) is 82.7 Å². The molecule has 0 fully saturated rings. The normalized spacial score (nSPS) is 14.7. The number of carbonyl (C=O) groups excluding carboxylic acids is 1. The Morgan fingerprint density at radius 3 is 2.41 bits per heavy atom. The van der Waals surface area contributed by atoms with E-state index in [-0.39, 0.29) is 23.1 Å². The van der Waals surface area contributed by atoms with E-state index in [9.17, 15) is 9.18 Å². The van der Waals surface area contributed by atoms with E-state index in [4.69, 9.17) is 14.2 Å². The summed E-state index contributed by atoms with van der Waals surface area (Å²) in [7, 11) is 3.00. The zero-order chi connectivity index (χ0) is 24.5. The number of rotatable bonds is 7. The van der Waals surface area contributed by atoms with E-state index in [0.29, 0.717) is 24.3 Å². The molecule has 0 saturated carbocycles. The Bertz CT molecular complexity index is 1210. The van der Waals surface area contributed by atoms with E-state index in [1.807, 2.05) is 30.3 Å². The smallest absolute Gasteiger partial charge is 0.306 e. The van der Waals surface area contributed by atoms with Crippen LogP contribution in [0.2, 0.25) is 0 Å². The first kappa shape index (κ1) is 23.8. The molecule has 178 valence electrons. The third kappa shape index (κ3) is 4.93. The molecule has 0 unspecified atom stereocenters. The lowest BCUT2D eigenvalue weighted by Crippen LogP contribution is -2.20. The van der Waals surface area contributed by atoms with Crippen LogP contribution in [0, 0.1) is 5.82 Å². The minimum Gasteiger partial charge on any atom is -0.497 e. The van der Waals surface area contributed by atoms with Crippen molar-refractivity contribution < 1.29 is 23.4 Å². The van der Waals surface area contributed by atoms with E-state index >= 15 is 0 Å². The van der Waals surface area contributed by atoms with Gasteiger partial charge in [-0.25, -0.2) is 4.39 Å². The average Bonchev–Trinajstić information content (AvgIpc) is 2.80. The predicted molar refractivity (Wildman–Crippen MR) is 131 cm³/mol. The fourth-order valence-corrected chi connectivity index (χ4v) is 4.50. The van der Waals surface area contributed by atoms with Crippen LogP contribution in [0.4, 0.5) is 4.39 Å². The van der Waals surface area contributed by atoms with Gasteiger partial charge in [0.05, 0.1) is 20.6 Å². The molecule has 0 radical (unpaired) electrons. The molecule has 0 N–H and O–H groups in total. The maximum Gasteiger partial charge on any atom is 0.306 e. The van der Waals surface area contributed by atoms with Crippen molar-refractivity contribution in [3.8, 4) is 22.6 Å². The Balaban J connectivity index is 1.53. The van der Waals surface area contributed by atoms with Gasteiger partial charge in [0.2, 0.25) is 0 Å². The third-order valence-electron chi connectivity index (χ3n) is 6.42. The van der Waals surface area contributed by atoms with E-state index in [1.165, 1.54) is 24.3 Å². The largest absolute Gasteiger partial charge is 0.497 e. The van der Waals surface area contributed by atoms with Crippen LogP contribution in [-0.2, 0) is 28.0 Å². The summed E-state index contributed by atoms with van der Waals surface area (Å²) in [6, 6.07) is 16.9. The molecule has 34 heavy (non-hydrogen) atoms. The number of esters is 1. The van der Waals surface area contributed by atoms with Crippen molar-refractivity contribution in [3.63, 3.8) is 0 Å². The molecule has 1 atom stereocenters. The lowest BCUT2D eigenvalue weighted by molar-refractivity contribution is -0.141. The third-order valence-corrected chi connectivity index (χ3v) is 6.42. The monoisotopic (exact) mass is 462 g/mol. The van der Waals surface area contributed by atoms with Crippen LogP contribution in [0.1, 0.15) is 55.4 Å². The summed E-state index contributed by atoms with van der Waals surface area (Å²) >= 11 is 0. The van der Waals surface area contributed by atoms with Gasteiger partial charge >= 0.3 is 5.97 Å². The molecule has 3 aromatic rings. The molecule has 0 aromatic heterocycles. The maximum atomic E-state index is 14.7. The van der Waals surface area contributed by atoms with Gasteiger partial charge in [-0.1, -0.05) is 45.0 Å². The summed E-state index contributed by atoms with van der Waals surface area (Å²) in [5.74, 6) is 1.20. The molecule has 0 heterocycles. The second kappa shape index (κ2) is 9.49. The minimum atomic E-state index is -0.275. The zero-order valence-electron chi connectivity index (χ0n) is 20.4. The summed E-state index contributed by atoms with van der Waals surface area (Å²) in [4.78, 5) is 11.5. The van der Waals surface area contributed by atoms with Crippen LogP contribution in [0.15, 0.2) is 54.6 Å². The molecule has 0 amide bonds. The second-order valence-corrected chi connectivity index (χ2v) is 9.81. The highest BCUT2D eigenvalue weighted by Crippen LogP contribution is 2.40. The molecule has 0 saturated heterocycles. The first-order valence-corrected chi connectivity index (χ1v) is 11.5. The molecule has 0 spiro atoms. The quantitative estimate of drug-likeness (QED) is 0.372. The van der Waals surface area contributed by atoms with Crippen molar-refractivity contribution in [2.24, 2.45) is 0 Å². The van der Waals surface area contributed by atoms with Crippen LogP contribution in [0.25, 0.3) is 11.1 Å². The summed E-state index contributed by atoms with van der Waals surface area (Å²) < 4.78 is 30.9. The second-order valence-electron chi connectivity index (χ2n) is 9.81. The predicted octanol–water partition coefficient (Wildman–Crippen LogP) is 6.58. The molecular weight excluding hydrogens is 431 g/mol. The van der Waals surface area contributed by atoms with Crippen molar-refractivity contribution in [2.75, 3.05) is 14.2 Å². The standard InChI is InChI=1S/C29H31FO4/c1-29(2,3)26-12-18(6-9-24(26)25-16-21(32-4)8-11-27(25)30)17-34-22-7-10-23-19(14-22)13-20(23)15-28(31)33-5/h6-12,14,16,20H,13,15,17H2,1-5H3/t20-/m0/s1. The maximum absolute atomic E-state index is 14.7. The van der Waals surface area contributed by atoms with Crippen LogP contribution in [0.3, 0.4) is 0 Å². The average molecular weight is 463 g/mol. The number of fused-ring (bicyclic) bond motifs is 1. The van der Waals surface area contributed by atoms with E-state index in [1.54, 1.807) is 19.2 Å². The Morgan fingerprint density at radius 2 is 1.74 bits per heavy atom. The van der Waals surface area contributed by atoms with Gasteiger partial charge in [0.15, 0.2) is 0 Å². The molecule has 1 aliphatic rings. The van der Waals surface area contributed by atoms with Crippen molar-refractivity contribution in [1.82, 2.24) is 0 Å². The van der Waals surface area contributed by atoms with Gasteiger partial charge in [-0.3, -0.25) is 4.79 Å². The van der Waals surface area contributed by atoms with Crippen molar-refractivity contribution in [1.29, 1.82) is 0 Å². The van der Waals surface area contributed by atoms with E-state index in [2.05, 4.69) is 26.8 Å². The Morgan fingerprint density at radius 1 is 0.971 bits per heavy atom. The molecule has 4 rings (SSSR count). The number of hydrogen-bond acceptors (Lipinski definition) is 4. The van der Waals surface area contributed by atoms with Gasteiger partial charge in [0, 0.05) is 5.56 Å². The number of hydrogen-bond donors (Lipinski definition) is 0. The summed E-state index contributed by atoms with van der Waals surface area (Å²) in [6.07, 6.45) is 1.27. The molecule has 0 bridgehead atoms. The molecule has 5 heteroatoms. The van der Waals surface area contributed by atoms with Gasteiger partial charge in [0.1, 0.15) is 23.9 Å². The topological polar surface area (TPSA) is 44.8 Å². The van der Waals surface area contributed by atoms with E-state index < -0.39 is 0 Å². The van der Waals surface area contributed by atoms with Crippen LogP contribution >= 0.6 is 0 Å². The van der Waals surface area contributed by atoms with Crippen molar-refractivity contribution >= 4 is 5.97 Å². The van der Waals surface area contributed by atoms with Gasteiger partial charge < -0.3 is 14.2 Å². The van der Waals surface area contributed by atoms with Gasteiger partial charge in [-0.15, -0.1) is 0 Å². The Labute approximate surface area is 200 Å². The molecule has 0 aliphatic heterocycles.